The number of carbonyl (C=O) groups is 1. The standard InChI is InChI=1S/C11H16NO9P/c13-8-7(5-20-22(17,18)19)21-10(9(8)14)12-3-1-2-6(4-12)11(15)16/h1-3,7-10,13-14H,4-5H2,(H,15,16)(H2,17,18,19)/t7-,8+,9-,10+/m0/s1. The van der Waals surface area contributed by atoms with Crippen molar-refractivity contribution in [2.75, 3.05) is 13.2 Å². The third kappa shape index (κ3) is 4.00. The van der Waals surface area contributed by atoms with E-state index in [-0.39, 0.29) is 12.1 Å². The number of phosphoric ester groups is 1. The van der Waals surface area contributed by atoms with E-state index in [2.05, 4.69) is 4.52 Å². The smallest absolute Gasteiger partial charge is 0.469 e. The zero-order chi connectivity index (χ0) is 16.5. The molecule has 0 amide bonds. The Kier molecular flexibility index (Phi) is 5.15. The van der Waals surface area contributed by atoms with Crippen LogP contribution in [0.3, 0.4) is 0 Å². The molecule has 10 nitrogen and oxygen atoms in total. The quantitative estimate of drug-likeness (QED) is 0.312. The molecule has 0 spiro atoms. The van der Waals surface area contributed by atoms with Gasteiger partial charge in [0, 0.05) is 5.57 Å². The summed E-state index contributed by atoms with van der Waals surface area (Å²) in [5, 5.41) is 30.7. The highest BCUT2D eigenvalue weighted by atomic mass is 31.2. The van der Waals surface area contributed by atoms with Gasteiger partial charge in [-0.2, -0.15) is 0 Å². The predicted octanol–water partition coefficient (Wildman–Crippen LogP) is -4.37. The molecule has 5 N–H and O–H groups in total. The Morgan fingerprint density at radius 2 is 2.14 bits per heavy atom. The maximum absolute atomic E-state index is 10.9. The van der Waals surface area contributed by atoms with E-state index in [1.807, 2.05) is 0 Å². The highest BCUT2D eigenvalue weighted by molar-refractivity contribution is 7.46. The van der Waals surface area contributed by atoms with E-state index in [9.17, 15) is 24.7 Å². The van der Waals surface area contributed by atoms with Gasteiger partial charge in [0.2, 0.25) is 6.23 Å². The lowest BCUT2D eigenvalue weighted by atomic mass is 10.1. The first-order chi connectivity index (χ1) is 10.2. The summed E-state index contributed by atoms with van der Waals surface area (Å²) < 4.78 is 20.3. The molecule has 0 aromatic carbocycles. The van der Waals surface area contributed by atoms with Gasteiger partial charge in [0.15, 0.2) is 6.10 Å². The number of hydrogen-bond acceptors (Lipinski definition) is 7. The molecule has 5 atom stereocenters. The molecule has 0 aromatic heterocycles. The van der Waals surface area contributed by atoms with E-state index >= 15 is 0 Å². The summed E-state index contributed by atoms with van der Waals surface area (Å²) in [5.74, 6) is -1.35. The van der Waals surface area contributed by atoms with Gasteiger partial charge in [-0.1, -0.05) is 0 Å². The molecule has 2 heterocycles. The summed E-state index contributed by atoms with van der Waals surface area (Å²) >= 11 is 0. The maximum atomic E-state index is 10.9. The van der Waals surface area contributed by atoms with Gasteiger partial charge in [0.25, 0.3) is 0 Å². The normalized spacial score (nSPS) is 35.5. The number of hydrogen-bond donors (Lipinski definition) is 5. The highest BCUT2D eigenvalue weighted by Gasteiger charge is 2.48. The van der Waals surface area contributed by atoms with Crippen LogP contribution in [0, 0.1) is 0 Å². The number of aliphatic hydroxyl groups is 2. The van der Waals surface area contributed by atoms with Crippen molar-refractivity contribution in [3.8, 4) is 0 Å². The molecule has 1 unspecified atom stereocenters. The molecule has 22 heavy (non-hydrogen) atoms. The van der Waals surface area contributed by atoms with Crippen molar-refractivity contribution < 1.29 is 48.6 Å². The van der Waals surface area contributed by atoms with Crippen LogP contribution in [-0.2, 0) is 18.6 Å². The zero-order valence-corrected chi connectivity index (χ0v) is 12.1. The van der Waals surface area contributed by atoms with E-state index in [1.165, 1.54) is 12.2 Å². The molecule has 11 heteroatoms. The van der Waals surface area contributed by atoms with Gasteiger partial charge in [0.05, 0.1) is 18.8 Å². The molecule has 0 saturated carbocycles. The van der Waals surface area contributed by atoms with Crippen molar-refractivity contribution in [3.05, 3.63) is 23.9 Å². The summed E-state index contributed by atoms with van der Waals surface area (Å²) in [6.07, 6.45) is -0.595. The van der Waals surface area contributed by atoms with Gasteiger partial charge in [0.1, 0.15) is 18.8 Å². The van der Waals surface area contributed by atoms with Crippen LogP contribution < -0.4 is 10.0 Å². The molecule has 0 bridgehead atoms. The number of allylic oxidation sites excluding steroid dienone is 2. The van der Waals surface area contributed by atoms with Crippen LogP contribution in [0.1, 0.15) is 0 Å². The van der Waals surface area contributed by atoms with Crippen LogP contribution >= 0.6 is 7.82 Å². The second-order valence-electron chi connectivity index (χ2n) is 4.95. The molecule has 2 aliphatic heterocycles. The number of rotatable bonds is 5. The maximum Gasteiger partial charge on any atom is 0.469 e. The molecule has 0 aliphatic carbocycles. The molecular formula is C11H16NO9P. The summed E-state index contributed by atoms with van der Waals surface area (Å²) in [7, 11) is -4.73. The first-order valence-corrected chi connectivity index (χ1v) is 7.88. The average Bonchev–Trinajstić information content (AvgIpc) is 2.72. The Balaban J connectivity index is 2.01. The molecule has 2 rings (SSSR count). The third-order valence-corrected chi connectivity index (χ3v) is 3.88. The largest absolute Gasteiger partial charge is 0.545 e. The minimum atomic E-state index is -4.73. The number of aliphatic hydroxyl groups excluding tert-OH is 2. The summed E-state index contributed by atoms with van der Waals surface area (Å²) in [5.41, 5.74) is -0.00212. The number of quaternary nitrogens is 1. The Hall–Kier alpha value is -1.10. The highest BCUT2D eigenvalue weighted by Crippen LogP contribution is 2.36. The predicted molar refractivity (Wildman–Crippen MR) is 66.7 cm³/mol. The molecule has 1 fully saturated rings. The molecule has 0 aromatic rings. The minimum absolute atomic E-state index is 0.00212. The Labute approximate surface area is 125 Å². The van der Waals surface area contributed by atoms with E-state index < -0.39 is 44.9 Å². The summed E-state index contributed by atoms with van der Waals surface area (Å²) in [4.78, 5) is 28.5. The summed E-state index contributed by atoms with van der Waals surface area (Å²) in [6.45, 7) is -0.640. The first-order valence-electron chi connectivity index (χ1n) is 6.35. The van der Waals surface area contributed by atoms with Gasteiger partial charge in [-0.05, 0) is 12.2 Å². The van der Waals surface area contributed by atoms with Crippen molar-refractivity contribution >= 4 is 13.8 Å². The van der Waals surface area contributed by atoms with E-state index in [1.54, 1.807) is 6.20 Å². The van der Waals surface area contributed by atoms with Crippen molar-refractivity contribution in [2.45, 2.75) is 24.5 Å². The number of aliphatic carboxylic acids is 1. The number of phosphoric acid groups is 1. The van der Waals surface area contributed by atoms with Gasteiger partial charge in [-0.25, -0.2) is 4.57 Å². The number of carboxylic acid groups (broad SMARTS) is 1. The fourth-order valence-corrected chi connectivity index (χ4v) is 2.67. The minimum Gasteiger partial charge on any atom is -0.545 e. The lowest BCUT2D eigenvalue weighted by molar-refractivity contribution is -0.898. The van der Waals surface area contributed by atoms with Gasteiger partial charge in [-0.15, -0.1) is 0 Å². The zero-order valence-electron chi connectivity index (χ0n) is 11.2. The second-order valence-corrected chi connectivity index (χ2v) is 6.19. The lowest BCUT2D eigenvalue weighted by Crippen LogP contribution is -3.13. The van der Waals surface area contributed by atoms with E-state index in [4.69, 9.17) is 14.5 Å². The van der Waals surface area contributed by atoms with Crippen molar-refractivity contribution in [1.29, 1.82) is 0 Å². The van der Waals surface area contributed by atoms with Gasteiger partial charge < -0.3 is 34.6 Å². The molecule has 0 radical (unpaired) electrons. The summed E-state index contributed by atoms with van der Waals surface area (Å²) in [6, 6.07) is 0. The van der Waals surface area contributed by atoms with Crippen LogP contribution in [-0.4, -0.2) is 63.7 Å². The van der Waals surface area contributed by atoms with Gasteiger partial charge >= 0.3 is 7.82 Å². The number of carboxylic acids is 1. The van der Waals surface area contributed by atoms with Crippen LogP contribution in [0.5, 0.6) is 0 Å². The third-order valence-electron chi connectivity index (χ3n) is 3.40. The Morgan fingerprint density at radius 3 is 2.73 bits per heavy atom. The number of nitrogens with one attached hydrogen (secondary N) is 1. The number of ether oxygens (including phenoxy) is 1. The number of carbonyl (C=O) groups excluding carboxylic acids is 1. The van der Waals surface area contributed by atoms with Crippen molar-refractivity contribution in [3.63, 3.8) is 0 Å². The SMILES string of the molecule is O=C([O-])C1=CC=C[NH+]([C@@H]2O[C@@H](COP(=O)(O)O)[C@@H](O)[C@@H]2O)C1. The van der Waals surface area contributed by atoms with Crippen LogP contribution in [0.2, 0.25) is 0 Å². The lowest BCUT2D eigenvalue weighted by Gasteiger charge is -2.26. The van der Waals surface area contributed by atoms with Crippen LogP contribution in [0.15, 0.2) is 23.9 Å². The molecule has 2 aliphatic rings. The fraction of sp³-hybridized carbons (Fsp3) is 0.545. The Bertz CT molecular complexity index is 542. The molecule has 1 saturated heterocycles. The van der Waals surface area contributed by atoms with Crippen LogP contribution in [0.4, 0.5) is 0 Å². The van der Waals surface area contributed by atoms with E-state index in [0.29, 0.717) is 4.90 Å². The average molecular weight is 337 g/mol. The molecular weight excluding hydrogens is 321 g/mol. The second kappa shape index (κ2) is 6.57. The first kappa shape index (κ1) is 17.3. The van der Waals surface area contributed by atoms with Crippen LogP contribution in [0.25, 0.3) is 0 Å². The van der Waals surface area contributed by atoms with Gasteiger partial charge in [-0.3, -0.25) is 9.42 Å². The topological polar surface area (TPSA) is 161 Å². The van der Waals surface area contributed by atoms with E-state index in [0.717, 1.165) is 0 Å². The monoisotopic (exact) mass is 337 g/mol. The van der Waals surface area contributed by atoms with Crippen molar-refractivity contribution in [2.24, 2.45) is 0 Å². The molecule has 124 valence electrons. The fourth-order valence-electron chi connectivity index (χ4n) is 2.32. The Morgan fingerprint density at radius 1 is 1.45 bits per heavy atom. The van der Waals surface area contributed by atoms with Crippen molar-refractivity contribution in [1.82, 2.24) is 0 Å².